The standard InChI is InChI=1S/C24H20Cl3PS/c1-18-23(25)22(24(26)29-18)17-28(27,19-11-5-2-6-12-19,20-13-7-3-8-14-20)21-15-9-4-10-16-21/h2-16H,17H2,1H3. The molecule has 148 valence electrons. The molecule has 0 bridgehead atoms. The van der Waals surface area contributed by atoms with E-state index in [2.05, 4.69) is 36.4 Å². The van der Waals surface area contributed by atoms with Gasteiger partial charge in [0.15, 0.2) is 0 Å². The minimum atomic E-state index is -3.42. The molecule has 0 atom stereocenters. The molecule has 0 aliphatic heterocycles. The van der Waals surface area contributed by atoms with Gasteiger partial charge in [-0.1, -0.05) is 0 Å². The van der Waals surface area contributed by atoms with Crippen molar-refractivity contribution in [1.82, 2.24) is 0 Å². The van der Waals surface area contributed by atoms with Crippen LogP contribution in [-0.4, -0.2) is 0 Å². The predicted molar refractivity (Wildman–Crippen MR) is 134 cm³/mol. The topological polar surface area (TPSA) is 0 Å². The van der Waals surface area contributed by atoms with E-state index in [9.17, 15) is 0 Å². The van der Waals surface area contributed by atoms with Gasteiger partial charge in [-0.25, -0.2) is 0 Å². The molecule has 0 saturated heterocycles. The Morgan fingerprint density at radius 1 is 0.690 bits per heavy atom. The monoisotopic (exact) mass is 476 g/mol. The molecular weight excluding hydrogens is 458 g/mol. The molecule has 0 nitrogen and oxygen atoms in total. The summed E-state index contributed by atoms with van der Waals surface area (Å²) in [6.07, 6.45) is 0.563. The summed E-state index contributed by atoms with van der Waals surface area (Å²) >= 11 is 23.0. The van der Waals surface area contributed by atoms with Crippen molar-refractivity contribution in [2.24, 2.45) is 0 Å². The number of benzene rings is 3. The van der Waals surface area contributed by atoms with Gasteiger partial charge in [-0.2, -0.15) is 0 Å². The molecule has 0 fully saturated rings. The summed E-state index contributed by atoms with van der Waals surface area (Å²) < 4.78 is 0.713. The second-order valence-electron chi connectivity index (χ2n) is 7.07. The van der Waals surface area contributed by atoms with Crippen LogP contribution in [0.15, 0.2) is 91.0 Å². The molecule has 0 radical (unpaired) electrons. The van der Waals surface area contributed by atoms with Crippen LogP contribution >= 0.6 is 51.7 Å². The van der Waals surface area contributed by atoms with Crippen molar-refractivity contribution in [3.05, 3.63) is 111 Å². The van der Waals surface area contributed by atoms with Gasteiger partial charge in [0.2, 0.25) is 0 Å². The summed E-state index contributed by atoms with van der Waals surface area (Å²) in [5, 5.41) is 4.04. The Morgan fingerprint density at radius 2 is 1.07 bits per heavy atom. The van der Waals surface area contributed by atoms with E-state index in [0.717, 1.165) is 31.4 Å². The van der Waals surface area contributed by atoms with E-state index in [0.29, 0.717) is 10.5 Å². The average molecular weight is 478 g/mol. The van der Waals surface area contributed by atoms with Crippen molar-refractivity contribution < 1.29 is 0 Å². The van der Waals surface area contributed by atoms with Gasteiger partial charge in [-0.05, 0) is 0 Å². The van der Waals surface area contributed by atoms with Gasteiger partial charge in [-0.15, -0.1) is 0 Å². The first-order valence-electron chi connectivity index (χ1n) is 9.28. The van der Waals surface area contributed by atoms with Crippen LogP contribution < -0.4 is 15.9 Å². The maximum absolute atomic E-state index is 8.08. The van der Waals surface area contributed by atoms with Crippen LogP contribution in [0, 0.1) is 6.92 Å². The van der Waals surface area contributed by atoms with Crippen molar-refractivity contribution in [2.45, 2.75) is 13.1 Å². The van der Waals surface area contributed by atoms with Gasteiger partial charge in [-0.3, -0.25) is 0 Å². The van der Waals surface area contributed by atoms with Crippen molar-refractivity contribution >= 4 is 67.6 Å². The van der Waals surface area contributed by atoms with Crippen LogP contribution in [0.4, 0.5) is 0 Å². The van der Waals surface area contributed by atoms with Gasteiger partial charge in [0.05, 0.1) is 0 Å². The number of hydrogen-bond acceptors (Lipinski definition) is 1. The van der Waals surface area contributed by atoms with E-state index in [1.54, 1.807) is 0 Å². The summed E-state index contributed by atoms with van der Waals surface area (Å²) in [5.74, 6) is -3.42. The summed E-state index contributed by atoms with van der Waals surface area (Å²) in [4.78, 5) is 1.02. The third-order valence-corrected chi connectivity index (χ3v) is 14.6. The van der Waals surface area contributed by atoms with Gasteiger partial charge in [0.25, 0.3) is 0 Å². The van der Waals surface area contributed by atoms with Gasteiger partial charge >= 0.3 is 192 Å². The summed E-state index contributed by atoms with van der Waals surface area (Å²) in [6.45, 7) is 2.00. The molecule has 0 amide bonds. The van der Waals surface area contributed by atoms with Crippen LogP contribution in [0.2, 0.25) is 9.36 Å². The molecular formula is C24H20Cl3PS. The second-order valence-corrected chi connectivity index (χ2v) is 15.7. The zero-order valence-electron chi connectivity index (χ0n) is 15.9. The summed E-state index contributed by atoms with van der Waals surface area (Å²) in [5.41, 5.74) is 0.931. The third-order valence-electron chi connectivity index (χ3n) is 5.39. The van der Waals surface area contributed by atoms with Crippen molar-refractivity contribution in [2.75, 3.05) is 0 Å². The predicted octanol–water partition coefficient (Wildman–Crippen LogP) is 7.55. The van der Waals surface area contributed by atoms with Crippen molar-refractivity contribution in [3.8, 4) is 0 Å². The van der Waals surface area contributed by atoms with Crippen LogP contribution in [0.5, 0.6) is 0 Å². The average Bonchev–Trinajstić information content (AvgIpc) is 3.01. The fraction of sp³-hybridized carbons (Fsp3) is 0.0833. The quantitative estimate of drug-likeness (QED) is 0.260. The minimum absolute atomic E-state index is 0.563. The van der Waals surface area contributed by atoms with E-state index < -0.39 is 5.96 Å². The first kappa shape index (κ1) is 20.9. The van der Waals surface area contributed by atoms with Crippen molar-refractivity contribution in [1.29, 1.82) is 0 Å². The first-order chi connectivity index (χ1) is 13.9. The molecule has 4 aromatic rings. The Hall–Kier alpha value is -1.34. The Bertz CT molecular complexity index is 1030. The molecule has 0 aliphatic carbocycles. The Labute approximate surface area is 190 Å². The SMILES string of the molecule is Cc1sc(Cl)c(CP(Cl)(c2ccccc2)(c2ccccc2)c2ccccc2)c1Cl. The fourth-order valence-corrected chi connectivity index (χ4v) is 12.0. The summed E-state index contributed by atoms with van der Waals surface area (Å²) in [7, 11) is 0. The number of thiophene rings is 1. The van der Waals surface area contributed by atoms with Crippen LogP contribution in [-0.2, 0) is 6.16 Å². The molecule has 29 heavy (non-hydrogen) atoms. The van der Waals surface area contributed by atoms with E-state index >= 15 is 0 Å². The third kappa shape index (κ3) is 3.44. The molecule has 5 heteroatoms. The molecule has 4 rings (SSSR count). The van der Waals surface area contributed by atoms with E-state index in [1.165, 1.54) is 11.3 Å². The van der Waals surface area contributed by atoms with Crippen molar-refractivity contribution in [3.63, 3.8) is 0 Å². The molecule has 1 aromatic heterocycles. The zero-order valence-corrected chi connectivity index (χ0v) is 19.8. The number of aryl methyl sites for hydroxylation is 1. The first-order valence-corrected chi connectivity index (χ1v) is 14.2. The van der Waals surface area contributed by atoms with E-state index in [4.69, 9.17) is 34.4 Å². The van der Waals surface area contributed by atoms with Crippen LogP contribution in [0.1, 0.15) is 10.4 Å². The number of rotatable bonds is 5. The number of hydrogen-bond donors (Lipinski definition) is 0. The molecule has 1 heterocycles. The molecule has 0 unspecified atom stereocenters. The maximum atomic E-state index is 8.08. The van der Waals surface area contributed by atoms with Crippen LogP contribution in [0.3, 0.4) is 0 Å². The Kier molecular flexibility index (Phi) is 5.81. The number of halogens is 3. The Balaban J connectivity index is 2.13. The summed E-state index contributed by atoms with van der Waals surface area (Å²) in [6, 6.07) is 31.1. The van der Waals surface area contributed by atoms with E-state index in [-0.39, 0.29) is 0 Å². The molecule has 0 aliphatic rings. The normalized spacial score (nSPS) is 13.0. The molecule has 3 aromatic carbocycles. The molecule has 0 saturated carbocycles. The van der Waals surface area contributed by atoms with E-state index in [1.807, 2.05) is 61.5 Å². The van der Waals surface area contributed by atoms with Gasteiger partial charge in [0, 0.05) is 0 Å². The molecule has 0 N–H and O–H groups in total. The zero-order chi connectivity index (χ0) is 20.5. The fourth-order valence-electron chi connectivity index (χ4n) is 3.91. The molecule has 0 spiro atoms. The van der Waals surface area contributed by atoms with Crippen LogP contribution in [0.25, 0.3) is 0 Å². The van der Waals surface area contributed by atoms with Gasteiger partial charge in [0.1, 0.15) is 0 Å². The Morgan fingerprint density at radius 3 is 1.38 bits per heavy atom. The van der Waals surface area contributed by atoms with Gasteiger partial charge < -0.3 is 0 Å². The second kappa shape index (κ2) is 8.06.